The highest BCUT2D eigenvalue weighted by Crippen LogP contribution is 2.46. The lowest BCUT2D eigenvalue weighted by Crippen LogP contribution is -2.53. The molecule has 1 aliphatic carbocycles. The second-order valence-electron chi connectivity index (χ2n) is 5.22. The number of nitrogens with one attached hydrogen (secondary N) is 2. The Morgan fingerprint density at radius 3 is 2.56 bits per heavy atom. The van der Waals surface area contributed by atoms with Crippen molar-refractivity contribution in [3.8, 4) is 0 Å². The van der Waals surface area contributed by atoms with Gasteiger partial charge in [0.15, 0.2) is 0 Å². The van der Waals surface area contributed by atoms with Crippen LogP contribution in [0.15, 0.2) is 0 Å². The van der Waals surface area contributed by atoms with Gasteiger partial charge in [0, 0.05) is 0 Å². The van der Waals surface area contributed by atoms with E-state index in [1.165, 1.54) is 0 Å². The zero-order valence-electron chi connectivity index (χ0n) is 10.8. The average molecular weight is 266 g/mol. The van der Waals surface area contributed by atoms with Gasteiger partial charge >= 0.3 is 0 Å². The summed E-state index contributed by atoms with van der Waals surface area (Å²) in [6.45, 7) is 5.81. The summed E-state index contributed by atoms with van der Waals surface area (Å²) in [5, 5.41) is 9.79. The maximum absolute atomic E-state index is 12.4. The third-order valence-electron chi connectivity index (χ3n) is 3.67. The van der Waals surface area contributed by atoms with E-state index in [9.17, 15) is 4.79 Å². The van der Waals surface area contributed by atoms with E-state index in [0.717, 1.165) is 29.9 Å². The van der Waals surface area contributed by atoms with Crippen LogP contribution in [0.3, 0.4) is 0 Å². The summed E-state index contributed by atoms with van der Waals surface area (Å²) >= 11 is 5.06. The van der Waals surface area contributed by atoms with Crippen molar-refractivity contribution in [3.05, 3.63) is 11.4 Å². The molecule has 5 nitrogen and oxygen atoms in total. The van der Waals surface area contributed by atoms with Crippen LogP contribution in [-0.4, -0.2) is 21.1 Å². The van der Waals surface area contributed by atoms with E-state index in [2.05, 4.69) is 22.4 Å². The Kier molecular flexibility index (Phi) is 3.14. The molecule has 0 radical (unpaired) electrons. The number of aryl methyl sites for hydroxylation is 2. The molecule has 1 saturated carbocycles. The van der Waals surface area contributed by atoms with Crippen LogP contribution in [0.5, 0.6) is 0 Å². The summed E-state index contributed by atoms with van der Waals surface area (Å²) < 4.78 is 0. The van der Waals surface area contributed by atoms with Gasteiger partial charge in [-0.25, -0.2) is 0 Å². The van der Waals surface area contributed by atoms with Crippen molar-refractivity contribution in [1.29, 1.82) is 0 Å². The first-order valence-electron chi connectivity index (χ1n) is 6.00. The Hall–Kier alpha value is -1.43. The van der Waals surface area contributed by atoms with Gasteiger partial charge in [0.05, 0.1) is 27.5 Å². The Morgan fingerprint density at radius 2 is 2.17 bits per heavy atom. The van der Waals surface area contributed by atoms with E-state index in [0.29, 0.717) is 5.92 Å². The van der Waals surface area contributed by atoms with Gasteiger partial charge in [-0.1, -0.05) is 19.1 Å². The SMILES string of the molecule is Cc1n[nH]c(C)c1NC(=O)C1(C(N)=S)CC(C)C1. The molecule has 0 unspecified atom stereocenters. The van der Waals surface area contributed by atoms with Crippen LogP contribution in [0.1, 0.15) is 31.2 Å². The van der Waals surface area contributed by atoms with Crippen molar-refractivity contribution in [2.75, 3.05) is 5.32 Å². The third kappa shape index (κ3) is 1.90. The van der Waals surface area contributed by atoms with Crippen molar-refractivity contribution in [2.24, 2.45) is 17.1 Å². The molecule has 2 rings (SSSR count). The maximum Gasteiger partial charge on any atom is 0.237 e. The summed E-state index contributed by atoms with van der Waals surface area (Å²) in [6.07, 6.45) is 1.45. The Morgan fingerprint density at radius 1 is 1.56 bits per heavy atom. The number of hydrogen-bond acceptors (Lipinski definition) is 3. The van der Waals surface area contributed by atoms with E-state index in [4.69, 9.17) is 18.0 Å². The van der Waals surface area contributed by atoms with Crippen molar-refractivity contribution in [3.63, 3.8) is 0 Å². The van der Waals surface area contributed by atoms with Crippen LogP contribution >= 0.6 is 12.2 Å². The predicted molar refractivity (Wildman–Crippen MR) is 74.3 cm³/mol. The number of aromatic amines is 1. The molecule has 98 valence electrons. The predicted octanol–water partition coefficient (Wildman–Crippen LogP) is 1.67. The number of amides is 1. The molecule has 1 heterocycles. The number of hydrogen-bond donors (Lipinski definition) is 3. The Bertz CT molecular complexity index is 483. The standard InChI is InChI=1S/C12H18N4OS/c1-6-4-12(5-6,10(13)18)11(17)14-9-7(2)15-16-8(9)3/h6H,4-5H2,1-3H3,(H2,13,18)(H,14,17)(H,15,16). The molecule has 1 aromatic heterocycles. The highest BCUT2D eigenvalue weighted by Gasteiger charge is 2.51. The molecule has 0 aliphatic heterocycles. The number of rotatable bonds is 3. The molecule has 0 aromatic carbocycles. The minimum Gasteiger partial charge on any atom is -0.392 e. The highest BCUT2D eigenvalue weighted by atomic mass is 32.1. The Balaban J connectivity index is 2.20. The van der Waals surface area contributed by atoms with Gasteiger partial charge in [0.1, 0.15) is 0 Å². The molecule has 6 heteroatoms. The van der Waals surface area contributed by atoms with Gasteiger partial charge in [-0.2, -0.15) is 5.10 Å². The summed E-state index contributed by atoms with van der Waals surface area (Å²) in [6, 6.07) is 0. The number of carbonyl (C=O) groups excluding carboxylic acids is 1. The van der Waals surface area contributed by atoms with Crippen LogP contribution in [-0.2, 0) is 4.79 Å². The number of thiocarbonyl (C=S) groups is 1. The minimum atomic E-state index is -0.676. The molecule has 1 aliphatic rings. The summed E-state index contributed by atoms with van der Waals surface area (Å²) in [5.41, 5.74) is 7.41. The van der Waals surface area contributed by atoms with Crippen LogP contribution in [0.4, 0.5) is 5.69 Å². The van der Waals surface area contributed by atoms with Gasteiger partial charge in [-0.15, -0.1) is 0 Å². The maximum atomic E-state index is 12.4. The third-order valence-corrected chi connectivity index (χ3v) is 4.06. The van der Waals surface area contributed by atoms with E-state index < -0.39 is 5.41 Å². The van der Waals surface area contributed by atoms with Crippen molar-refractivity contribution < 1.29 is 4.79 Å². The molecule has 0 atom stereocenters. The fourth-order valence-corrected chi connectivity index (χ4v) is 2.86. The number of anilines is 1. The minimum absolute atomic E-state index is 0.110. The first-order chi connectivity index (χ1) is 8.36. The van der Waals surface area contributed by atoms with Crippen LogP contribution in [0.2, 0.25) is 0 Å². The number of nitrogens with zero attached hydrogens (tertiary/aromatic N) is 1. The smallest absolute Gasteiger partial charge is 0.237 e. The van der Waals surface area contributed by atoms with Gasteiger partial charge in [0.2, 0.25) is 5.91 Å². The first kappa shape index (κ1) is 13.0. The molecule has 0 bridgehead atoms. The molecule has 1 aromatic rings. The number of nitrogens with two attached hydrogens (primary N) is 1. The van der Waals surface area contributed by atoms with Gasteiger partial charge in [0.25, 0.3) is 0 Å². The van der Waals surface area contributed by atoms with E-state index in [-0.39, 0.29) is 10.9 Å². The zero-order chi connectivity index (χ0) is 13.5. The summed E-state index contributed by atoms with van der Waals surface area (Å²) in [4.78, 5) is 12.7. The second-order valence-corrected chi connectivity index (χ2v) is 5.66. The van der Waals surface area contributed by atoms with Crippen LogP contribution in [0, 0.1) is 25.2 Å². The topological polar surface area (TPSA) is 83.8 Å². The lowest BCUT2D eigenvalue weighted by atomic mass is 9.62. The largest absolute Gasteiger partial charge is 0.392 e. The molecule has 0 spiro atoms. The summed E-state index contributed by atoms with van der Waals surface area (Å²) in [7, 11) is 0. The molecule has 4 N–H and O–H groups in total. The van der Waals surface area contributed by atoms with Gasteiger partial charge in [-0.05, 0) is 32.6 Å². The van der Waals surface area contributed by atoms with Crippen LogP contribution in [0.25, 0.3) is 0 Å². The Labute approximate surface area is 112 Å². The lowest BCUT2D eigenvalue weighted by Gasteiger charge is -2.44. The zero-order valence-corrected chi connectivity index (χ0v) is 11.6. The van der Waals surface area contributed by atoms with E-state index in [1.54, 1.807) is 0 Å². The average Bonchev–Trinajstić information content (AvgIpc) is 2.55. The highest BCUT2D eigenvalue weighted by molar-refractivity contribution is 7.80. The second kappa shape index (κ2) is 4.35. The molecule has 1 amide bonds. The lowest BCUT2D eigenvalue weighted by molar-refractivity contribution is -0.127. The van der Waals surface area contributed by atoms with E-state index >= 15 is 0 Å². The monoisotopic (exact) mass is 266 g/mol. The molecule has 0 saturated heterocycles. The first-order valence-corrected chi connectivity index (χ1v) is 6.40. The van der Waals surface area contributed by atoms with Crippen molar-refractivity contribution in [1.82, 2.24) is 10.2 Å². The fourth-order valence-electron chi connectivity index (χ4n) is 2.60. The van der Waals surface area contributed by atoms with Crippen LogP contribution < -0.4 is 11.1 Å². The quantitative estimate of drug-likeness (QED) is 0.727. The fraction of sp³-hybridized carbons (Fsp3) is 0.583. The molecule has 18 heavy (non-hydrogen) atoms. The number of carbonyl (C=O) groups is 1. The van der Waals surface area contributed by atoms with Gasteiger partial charge < -0.3 is 11.1 Å². The number of aromatic nitrogens is 2. The molecular formula is C12H18N4OS. The molecule has 1 fully saturated rings. The molecular weight excluding hydrogens is 248 g/mol. The number of H-pyrrole nitrogens is 1. The normalized spacial score (nSPS) is 26.5. The van der Waals surface area contributed by atoms with Gasteiger partial charge in [-0.3, -0.25) is 9.89 Å². The van der Waals surface area contributed by atoms with E-state index in [1.807, 2.05) is 13.8 Å². The van der Waals surface area contributed by atoms with Crippen molar-refractivity contribution in [2.45, 2.75) is 33.6 Å². The van der Waals surface area contributed by atoms with Crippen molar-refractivity contribution >= 4 is 28.8 Å². The summed E-state index contributed by atoms with van der Waals surface area (Å²) in [5.74, 6) is 0.379.